The molecule has 2 aromatic rings. The Bertz CT molecular complexity index is 823. The van der Waals surface area contributed by atoms with Crippen molar-refractivity contribution in [2.24, 2.45) is 5.92 Å². The van der Waals surface area contributed by atoms with Gasteiger partial charge in [-0.25, -0.2) is 0 Å². The number of hydrogen-bond donors (Lipinski definition) is 1. The predicted octanol–water partition coefficient (Wildman–Crippen LogP) is 3.17. The molecule has 1 unspecified atom stereocenters. The first-order valence-electron chi connectivity index (χ1n) is 9.74. The zero-order valence-corrected chi connectivity index (χ0v) is 15.6. The summed E-state index contributed by atoms with van der Waals surface area (Å²) in [6.07, 6.45) is 4.94. The highest BCUT2D eigenvalue weighted by atomic mass is 16.5. The quantitative estimate of drug-likeness (QED) is 0.881. The summed E-state index contributed by atoms with van der Waals surface area (Å²) in [5.41, 5.74) is 2.29. The van der Waals surface area contributed by atoms with Crippen LogP contribution in [-0.4, -0.2) is 41.0 Å². The second-order valence-electron chi connectivity index (χ2n) is 7.64. The fraction of sp³-hybridized carbons (Fsp3) is 0.476. The van der Waals surface area contributed by atoms with Crippen molar-refractivity contribution in [3.8, 4) is 11.3 Å². The SMILES string of the molecule is Cc1ccc(-c2cc(C(=O)N3CCCCC3C(=O)NCC3CC3)no2)cc1. The number of carbonyl (C=O) groups is 2. The second-order valence-corrected chi connectivity index (χ2v) is 7.64. The summed E-state index contributed by atoms with van der Waals surface area (Å²) in [5.74, 6) is 0.903. The van der Waals surface area contributed by atoms with Gasteiger partial charge >= 0.3 is 0 Å². The molecule has 2 heterocycles. The lowest BCUT2D eigenvalue weighted by molar-refractivity contribution is -0.126. The van der Waals surface area contributed by atoms with Crippen LogP contribution < -0.4 is 5.32 Å². The first kappa shape index (κ1) is 17.8. The molecule has 6 heteroatoms. The monoisotopic (exact) mass is 367 g/mol. The van der Waals surface area contributed by atoms with Gasteiger partial charge in [0.05, 0.1) is 0 Å². The van der Waals surface area contributed by atoms with Crippen molar-refractivity contribution in [3.63, 3.8) is 0 Å². The number of likely N-dealkylation sites (tertiary alicyclic amines) is 1. The molecule has 4 rings (SSSR count). The molecule has 2 amide bonds. The van der Waals surface area contributed by atoms with Crippen molar-refractivity contribution in [1.82, 2.24) is 15.4 Å². The highest BCUT2D eigenvalue weighted by Crippen LogP contribution is 2.28. The largest absolute Gasteiger partial charge is 0.355 e. The third kappa shape index (κ3) is 4.04. The maximum Gasteiger partial charge on any atom is 0.276 e. The molecule has 1 atom stereocenters. The molecule has 142 valence electrons. The van der Waals surface area contributed by atoms with Crippen molar-refractivity contribution in [2.45, 2.75) is 45.1 Å². The second kappa shape index (κ2) is 7.55. The summed E-state index contributed by atoms with van der Waals surface area (Å²) in [5, 5.41) is 6.98. The van der Waals surface area contributed by atoms with Crippen molar-refractivity contribution in [2.75, 3.05) is 13.1 Å². The number of piperidine rings is 1. The van der Waals surface area contributed by atoms with Crippen LogP contribution in [0.4, 0.5) is 0 Å². The number of carbonyl (C=O) groups excluding carboxylic acids is 2. The molecule has 1 N–H and O–H groups in total. The molecule has 1 aromatic heterocycles. The number of nitrogens with zero attached hydrogens (tertiary/aromatic N) is 2. The van der Waals surface area contributed by atoms with Gasteiger partial charge in [-0.15, -0.1) is 0 Å². The maximum atomic E-state index is 13.0. The highest BCUT2D eigenvalue weighted by molar-refractivity contribution is 5.96. The summed E-state index contributed by atoms with van der Waals surface area (Å²) in [6, 6.07) is 9.12. The van der Waals surface area contributed by atoms with E-state index in [-0.39, 0.29) is 17.5 Å². The molecule has 1 aliphatic heterocycles. The van der Waals surface area contributed by atoms with Crippen LogP contribution in [0.25, 0.3) is 11.3 Å². The maximum absolute atomic E-state index is 13.0. The van der Waals surface area contributed by atoms with Crippen LogP contribution >= 0.6 is 0 Å². The molecule has 6 nitrogen and oxygen atoms in total. The van der Waals surface area contributed by atoms with Gasteiger partial charge in [-0.3, -0.25) is 9.59 Å². The minimum atomic E-state index is -0.412. The minimum Gasteiger partial charge on any atom is -0.355 e. The molecule has 1 saturated carbocycles. The van der Waals surface area contributed by atoms with E-state index in [2.05, 4.69) is 10.5 Å². The Morgan fingerprint density at radius 1 is 1.19 bits per heavy atom. The van der Waals surface area contributed by atoms with Crippen LogP contribution in [0.5, 0.6) is 0 Å². The number of rotatable bonds is 5. The summed E-state index contributed by atoms with van der Waals surface area (Å²) in [6.45, 7) is 3.32. The van der Waals surface area contributed by atoms with E-state index in [0.29, 0.717) is 24.6 Å². The molecule has 1 saturated heterocycles. The van der Waals surface area contributed by atoms with Gasteiger partial charge in [0.25, 0.3) is 5.91 Å². The zero-order valence-electron chi connectivity index (χ0n) is 15.6. The standard InChI is InChI=1S/C21H25N3O3/c1-14-5-9-16(10-6-14)19-12-17(23-27-19)21(26)24-11-3-2-4-18(24)20(25)22-13-15-7-8-15/h5-6,9-10,12,15,18H,2-4,7-8,11,13H2,1H3,(H,22,25). The van der Waals surface area contributed by atoms with Crippen molar-refractivity contribution >= 4 is 11.8 Å². The number of amides is 2. The molecule has 1 aliphatic carbocycles. The Morgan fingerprint density at radius 3 is 2.70 bits per heavy atom. The van der Waals surface area contributed by atoms with Crippen LogP contribution in [0, 0.1) is 12.8 Å². The van der Waals surface area contributed by atoms with Crippen molar-refractivity contribution in [3.05, 3.63) is 41.6 Å². The van der Waals surface area contributed by atoms with Gasteiger partial charge in [0.2, 0.25) is 5.91 Å². The van der Waals surface area contributed by atoms with Gasteiger partial charge in [-0.2, -0.15) is 0 Å². The molecule has 1 aromatic carbocycles. The van der Waals surface area contributed by atoms with E-state index in [1.165, 1.54) is 12.8 Å². The number of benzene rings is 1. The summed E-state index contributed by atoms with van der Waals surface area (Å²) < 4.78 is 5.39. The number of aryl methyl sites for hydroxylation is 1. The van der Waals surface area contributed by atoms with Gasteiger partial charge in [0.1, 0.15) is 6.04 Å². The van der Waals surface area contributed by atoms with Crippen LogP contribution in [0.1, 0.15) is 48.2 Å². The molecule has 27 heavy (non-hydrogen) atoms. The Kier molecular flexibility index (Phi) is 4.97. The molecule has 0 spiro atoms. The van der Waals surface area contributed by atoms with Gasteiger partial charge in [0.15, 0.2) is 11.5 Å². The van der Waals surface area contributed by atoms with Crippen molar-refractivity contribution in [1.29, 1.82) is 0 Å². The van der Waals surface area contributed by atoms with E-state index >= 15 is 0 Å². The minimum absolute atomic E-state index is 0.0443. The normalized spacial score (nSPS) is 19.7. The van der Waals surface area contributed by atoms with E-state index in [9.17, 15) is 9.59 Å². The topological polar surface area (TPSA) is 75.4 Å². The third-order valence-electron chi connectivity index (χ3n) is 5.39. The van der Waals surface area contributed by atoms with Gasteiger partial charge in [-0.1, -0.05) is 35.0 Å². The summed E-state index contributed by atoms with van der Waals surface area (Å²) >= 11 is 0. The fourth-order valence-corrected chi connectivity index (χ4v) is 3.51. The first-order chi connectivity index (χ1) is 13.1. The number of nitrogens with one attached hydrogen (secondary N) is 1. The number of aromatic nitrogens is 1. The van der Waals surface area contributed by atoms with E-state index in [0.717, 1.165) is 30.5 Å². The Morgan fingerprint density at radius 2 is 1.96 bits per heavy atom. The molecule has 2 aliphatic rings. The van der Waals surface area contributed by atoms with Crippen molar-refractivity contribution < 1.29 is 14.1 Å². The van der Waals surface area contributed by atoms with Crippen LogP contribution in [0.3, 0.4) is 0 Å². The molecular formula is C21H25N3O3. The van der Waals surface area contributed by atoms with E-state index in [4.69, 9.17) is 4.52 Å². The average Bonchev–Trinajstić information content (AvgIpc) is 3.40. The zero-order chi connectivity index (χ0) is 18.8. The van der Waals surface area contributed by atoms with Crippen LogP contribution in [-0.2, 0) is 4.79 Å². The third-order valence-corrected chi connectivity index (χ3v) is 5.39. The number of hydrogen-bond acceptors (Lipinski definition) is 4. The smallest absolute Gasteiger partial charge is 0.276 e. The lowest BCUT2D eigenvalue weighted by atomic mass is 10.0. The first-order valence-corrected chi connectivity index (χ1v) is 9.74. The van der Waals surface area contributed by atoms with Gasteiger partial charge in [-0.05, 0) is 44.9 Å². The van der Waals surface area contributed by atoms with Gasteiger partial charge in [0, 0.05) is 24.7 Å². The lowest BCUT2D eigenvalue weighted by Crippen LogP contribution is -2.52. The van der Waals surface area contributed by atoms with E-state index in [1.807, 2.05) is 31.2 Å². The fourth-order valence-electron chi connectivity index (χ4n) is 3.51. The predicted molar refractivity (Wildman–Crippen MR) is 101 cm³/mol. The lowest BCUT2D eigenvalue weighted by Gasteiger charge is -2.34. The van der Waals surface area contributed by atoms with E-state index < -0.39 is 6.04 Å². The highest BCUT2D eigenvalue weighted by Gasteiger charge is 2.34. The molecule has 0 bridgehead atoms. The van der Waals surface area contributed by atoms with E-state index in [1.54, 1.807) is 11.0 Å². The Labute approximate surface area is 158 Å². The summed E-state index contributed by atoms with van der Waals surface area (Å²) in [7, 11) is 0. The van der Waals surface area contributed by atoms with Crippen LogP contribution in [0.2, 0.25) is 0 Å². The average molecular weight is 367 g/mol. The Hall–Kier alpha value is -2.63. The molecule has 0 radical (unpaired) electrons. The van der Waals surface area contributed by atoms with Gasteiger partial charge < -0.3 is 14.7 Å². The summed E-state index contributed by atoms with van der Waals surface area (Å²) in [4.78, 5) is 27.2. The van der Waals surface area contributed by atoms with Crippen LogP contribution in [0.15, 0.2) is 34.9 Å². The Balaban J connectivity index is 1.48. The molecular weight excluding hydrogens is 342 g/mol. The molecule has 2 fully saturated rings.